The lowest BCUT2D eigenvalue weighted by molar-refractivity contribution is 0.932. The zero-order valence-corrected chi connectivity index (χ0v) is 13.3. The van der Waals surface area contributed by atoms with Gasteiger partial charge in [0.2, 0.25) is 0 Å². The Bertz CT molecular complexity index is 707. The quantitative estimate of drug-likeness (QED) is 0.581. The molecule has 0 spiro atoms. The third-order valence-corrected chi connectivity index (χ3v) is 3.65. The predicted octanol–water partition coefficient (Wildman–Crippen LogP) is 3.01. The number of nitriles is 1. The Morgan fingerprint density at radius 3 is 2.62 bits per heavy atom. The lowest BCUT2D eigenvalue weighted by atomic mass is 10.2. The first-order valence-corrected chi connectivity index (χ1v) is 7.19. The molecular weight excluding hydrogens is 332 g/mol. The largest absolute Gasteiger partial charge is 0.339 e. The molecule has 0 fully saturated rings. The first-order chi connectivity index (χ1) is 10.1. The Labute approximate surface area is 131 Å². The average molecular weight is 347 g/mol. The molecular formula is C14H15BrN6. The van der Waals surface area contributed by atoms with Crippen LogP contribution in [0.4, 0.5) is 17.3 Å². The van der Waals surface area contributed by atoms with Gasteiger partial charge in [-0.2, -0.15) is 5.26 Å². The zero-order chi connectivity index (χ0) is 15.4. The van der Waals surface area contributed by atoms with Crippen molar-refractivity contribution < 1.29 is 0 Å². The number of halogens is 1. The van der Waals surface area contributed by atoms with Gasteiger partial charge in [-0.05, 0) is 41.1 Å². The van der Waals surface area contributed by atoms with Crippen molar-refractivity contribution in [2.75, 3.05) is 10.7 Å². The first-order valence-electron chi connectivity index (χ1n) is 6.39. The molecule has 21 heavy (non-hydrogen) atoms. The standard InChI is InChI=1S/C14H15BrN6/c1-3-12-19-13(8(2)14(20-12)21-17)18-11-5-4-9(7-16)6-10(11)15/h4-6H,3,17H2,1-2H3,(H2,18,19,20,21). The van der Waals surface area contributed by atoms with Gasteiger partial charge in [-0.15, -0.1) is 0 Å². The topological polar surface area (TPSA) is 99.6 Å². The van der Waals surface area contributed by atoms with Crippen LogP contribution in [-0.2, 0) is 6.42 Å². The van der Waals surface area contributed by atoms with E-state index in [4.69, 9.17) is 11.1 Å². The van der Waals surface area contributed by atoms with Gasteiger partial charge in [0, 0.05) is 16.5 Å². The Morgan fingerprint density at radius 1 is 1.33 bits per heavy atom. The molecule has 2 rings (SSSR count). The van der Waals surface area contributed by atoms with Crippen LogP contribution in [0.5, 0.6) is 0 Å². The number of aryl methyl sites for hydroxylation is 1. The van der Waals surface area contributed by atoms with Crippen molar-refractivity contribution in [1.29, 1.82) is 5.26 Å². The van der Waals surface area contributed by atoms with Crippen molar-refractivity contribution in [1.82, 2.24) is 9.97 Å². The Balaban J connectivity index is 2.42. The molecule has 2 aromatic rings. The number of hydrogen-bond acceptors (Lipinski definition) is 6. The summed E-state index contributed by atoms with van der Waals surface area (Å²) < 4.78 is 0.792. The molecule has 1 aromatic heterocycles. The molecule has 1 aromatic carbocycles. The molecule has 1 heterocycles. The number of hydrazine groups is 1. The summed E-state index contributed by atoms with van der Waals surface area (Å²) >= 11 is 3.44. The van der Waals surface area contributed by atoms with E-state index >= 15 is 0 Å². The number of hydrogen-bond donors (Lipinski definition) is 3. The number of rotatable bonds is 4. The summed E-state index contributed by atoms with van der Waals surface area (Å²) in [5.41, 5.74) is 4.82. The second-order valence-electron chi connectivity index (χ2n) is 4.39. The summed E-state index contributed by atoms with van der Waals surface area (Å²) in [6, 6.07) is 7.42. The van der Waals surface area contributed by atoms with Crippen LogP contribution >= 0.6 is 15.9 Å². The van der Waals surface area contributed by atoms with Crippen LogP contribution in [0.2, 0.25) is 0 Å². The number of benzene rings is 1. The number of nitrogens with two attached hydrogens (primary N) is 1. The molecule has 7 heteroatoms. The number of nitrogen functional groups attached to an aromatic ring is 1. The van der Waals surface area contributed by atoms with Crippen molar-refractivity contribution in [3.05, 3.63) is 39.6 Å². The zero-order valence-electron chi connectivity index (χ0n) is 11.7. The third-order valence-electron chi connectivity index (χ3n) is 3.00. The monoisotopic (exact) mass is 346 g/mol. The van der Waals surface area contributed by atoms with Gasteiger partial charge in [-0.25, -0.2) is 15.8 Å². The van der Waals surface area contributed by atoms with E-state index in [0.29, 0.717) is 29.4 Å². The van der Waals surface area contributed by atoms with Crippen molar-refractivity contribution in [3.63, 3.8) is 0 Å². The number of nitrogens with one attached hydrogen (secondary N) is 2. The van der Waals surface area contributed by atoms with E-state index in [0.717, 1.165) is 15.7 Å². The molecule has 0 unspecified atom stereocenters. The molecule has 108 valence electrons. The number of nitrogens with zero attached hydrogens (tertiary/aromatic N) is 3. The fraction of sp³-hybridized carbons (Fsp3) is 0.214. The number of anilines is 3. The fourth-order valence-electron chi connectivity index (χ4n) is 1.80. The van der Waals surface area contributed by atoms with Crippen LogP contribution in [-0.4, -0.2) is 9.97 Å². The van der Waals surface area contributed by atoms with E-state index in [2.05, 4.69) is 42.7 Å². The van der Waals surface area contributed by atoms with Crippen molar-refractivity contribution in [2.24, 2.45) is 5.84 Å². The lowest BCUT2D eigenvalue weighted by Gasteiger charge is -2.14. The normalized spacial score (nSPS) is 10.0. The van der Waals surface area contributed by atoms with E-state index in [9.17, 15) is 0 Å². The molecule has 4 N–H and O–H groups in total. The van der Waals surface area contributed by atoms with Gasteiger partial charge < -0.3 is 10.7 Å². The minimum atomic E-state index is 0.588. The number of aromatic nitrogens is 2. The average Bonchev–Trinajstić information content (AvgIpc) is 2.50. The third kappa shape index (κ3) is 3.29. The molecule has 0 aliphatic carbocycles. The highest BCUT2D eigenvalue weighted by Gasteiger charge is 2.11. The smallest absolute Gasteiger partial charge is 0.148 e. The Hall–Kier alpha value is -2.17. The highest BCUT2D eigenvalue weighted by molar-refractivity contribution is 9.10. The maximum Gasteiger partial charge on any atom is 0.148 e. The predicted molar refractivity (Wildman–Crippen MR) is 86.1 cm³/mol. The summed E-state index contributed by atoms with van der Waals surface area (Å²) in [5, 5.41) is 12.1. The van der Waals surface area contributed by atoms with Gasteiger partial charge in [0.15, 0.2) is 0 Å². The highest BCUT2D eigenvalue weighted by Crippen LogP contribution is 2.29. The SMILES string of the molecule is CCc1nc(NN)c(C)c(Nc2ccc(C#N)cc2Br)n1. The second-order valence-corrected chi connectivity index (χ2v) is 5.25. The van der Waals surface area contributed by atoms with E-state index < -0.39 is 0 Å². The van der Waals surface area contributed by atoms with E-state index in [-0.39, 0.29) is 0 Å². The first kappa shape index (κ1) is 15.2. The Morgan fingerprint density at radius 2 is 2.05 bits per heavy atom. The molecule has 6 nitrogen and oxygen atoms in total. The van der Waals surface area contributed by atoms with Gasteiger partial charge in [0.1, 0.15) is 17.5 Å². The van der Waals surface area contributed by atoms with Crippen LogP contribution in [0, 0.1) is 18.3 Å². The van der Waals surface area contributed by atoms with Crippen molar-refractivity contribution in [2.45, 2.75) is 20.3 Å². The molecule has 0 aliphatic heterocycles. The van der Waals surface area contributed by atoms with Crippen molar-refractivity contribution in [3.8, 4) is 6.07 Å². The van der Waals surface area contributed by atoms with Gasteiger partial charge in [-0.3, -0.25) is 0 Å². The van der Waals surface area contributed by atoms with Crippen molar-refractivity contribution >= 4 is 33.3 Å². The second kappa shape index (κ2) is 6.52. The maximum atomic E-state index is 8.89. The maximum absolute atomic E-state index is 8.89. The molecule has 0 saturated carbocycles. The van der Waals surface area contributed by atoms with Crippen LogP contribution in [0.15, 0.2) is 22.7 Å². The molecule has 0 atom stereocenters. The van der Waals surface area contributed by atoms with Crippen LogP contribution < -0.4 is 16.6 Å². The van der Waals surface area contributed by atoms with E-state index in [1.54, 1.807) is 12.1 Å². The van der Waals surface area contributed by atoms with E-state index in [1.165, 1.54) is 0 Å². The summed E-state index contributed by atoms with van der Waals surface area (Å²) in [5.74, 6) is 7.46. The van der Waals surface area contributed by atoms with Gasteiger partial charge in [0.25, 0.3) is 0 Å². The molecule has 0 aliphatic rings. The molecule has 0 bridgehead atoms. The summed E-state index contributed by atoms with van der Waals surface area (Å²) in [7, 11) is 0. The minimum Gasteiger partial charge on any atom is -0.339 e. The van der Waals surface area contributed by atoms with E-state index in [1.807, 2.05) is 19.9 Å². The summed E-state index contributed by atoms with van der Waals surface area (Å²) in [4.78, 5) is 8.79. The molecule has 0 radical (unpaired) electrons. The summed E-state index contributed by atoms with van der Waals surface area (Å²) in [6.45, 7) is 3.86. The highest BCUT2D eigenvalue weighted by atomic mass is 79.9. The Kier molecular flexibility index (Phi) is 4.73. The van der Waals surface area contributed by atoms with Gasteiger partial charge in [-0.1, -0.05) is 6.92 Å². The summed E-state index contributed by atoms with van der Waals surface area (Å²) in [6.07, 6.45) is 0.707. The van der Waals surface area contributed by atoms with Gasteiger partial charge in [0.05, 0.1) is 17.3 Å². The molecule has 0 amide bonds. The fourth-order valence-corrected chi connectivity index (χ4v) is 2.27. The van der Waals surface area contributed by atoms with Crippen LogP contribution in [0.3, 0.4) is 0 Å². The minimum absolute atomic E-state index is 0.588. The molecule has 0 saturated heterocycles. The lowest BCUT2D eigenvalue weighted by Crippen LogP contribution is -2.14. The van der Waals surface area contributed by atoms with Gasteiger partial charge >= 0.3 is 0 Å². The van der Waals surface area contributed by atoms with Crippen LogP contribution in [0.25, 0.3) is 0 Å². The van der Waals surface area contributed by atoms with Crippen LogP contribution in [0.1, 0.15) is 23.9 Å².